The van der Waals surface area contributed by atoms with Crippen LogP contribution in [0.2, 0.25) is 0 Å². The molecule has 1 aromatic rings. The van der Waals surface area contributed by atoms with Gasteiger partial charge in [-0.05, 0) is 24.6 Å². The van der Waals surface area contributed by atoms with Crippen LogP contribution in [0.1, 0.15) is 36.5 Å². The number of amides is 1. The van der Waals surface area contributed by atoms with Crippen molar-refractivity contribution in [2.75, 3.05) is 0 Å². The Bertz CT molecular complexity index is 482. The van der Waals surface area contributed by atoms with Crippen LogP contribution < -0.4 is 5.43 Å². The number of carbonyl (C=O) groups is 2. The van der Waals surface area contributed by atoms with Gasteiger partial charge in [-0.3, -0.25) is 20.0 Å². The number of allylic oxidation sites excluding steroid dienone is 1. The quantitative estimate of drug-likeness (QED) is 0.901. The van der Waals surface area contributed by atoms with E-state index >= 15 is 0 Å². The highest BCUT2D eigenvalue weighted by Crippen LogP contribution is 2.15. The van der Waals surface area contributed by atoms with Gasteiger partial charge in [0.25, 0.3) is 5.91 Å². The molecule has 0 aliphatic carbocycles. The Kier molecular flexibility index (Phi) is 4.34. The molecule has 100 valence electrons. The third-order valence-corrected chi connectivity index (χ3v) is 3.14. The van der Waals surface area contributed by atoms with E-state index in [4.69, 9.17) is 0 Å². The van der Waals surface area contributed by atoms with Gasteiger partial charge < -0.3 is 0 Å². The molecule has 0 aromatic heterocycles. The first kappa shape index (κ1) is 13.3. The molecule has 0 fully saturated rings. The molecule has 1 aliphatic heterocycles. The Morgan fingerprint density at radius 1 is 1.37 bits per heavy atom. The summed E-state index contributed by atoms with van der Waals surface area (Å²) in [6.45, 7) is 2.07. The molecule has 0 saturated heterocycles. The summed E-state index contributed by atoms with van der Waals surface area (Å²) in [5, 5.41) is 1.75. The highest BCUT2D eigenvalue weighted by molar-refractivity contribution is 5.94. The van der Waals surface area contributed by atoms with E-state index in [1.54, 1.807) is 23.3 Å². The Morgan fingerprint density at radius 3 is 2.79 bits per heavy atom. The van der Waals surface area contributed by atoms with E-state index in [2.05, 4.69) is 12.3 Å². The number of hydrogen-bond acceptors (Lipinski definition) is 3. The van der Waals surface area contributed by atoms with Gasteiger partial charge >= 0.3 is 0 Å². The maximum Gasteiger partial charge on any atom is 0.269 e. The first-order chi connectivity index (χ1) is 9.20. The Morgan fingerprint density at radius 2 is 2.11 bits per heavy atom. The van der Waals surface area contributed by atoms with Crippen molar-refractivity contribution < 1.29 is 9.59 Å². The minimum Gasteiger partial charge on any atom is -0.295 e. The molecule has 1 amide bonds. The molecule has 0 unspecified atom stereocenters. The van der Waals surface area contributed by atoms with Crippen LogP contribution in [0.25, 0.3) is 0 Å². The summed E-state index contributed by atoms with van der Waals surface area (Å²) in [5.41, 5.74) is 3.46. The maximum absolute atomic E-state index is 12.1. The van der Waals surface area contributed by atoms with E-state index in [1.807, 2.05) is 18.2 Å². The largest absolute Gasteiger partial charge is 0.295 e. The molecule has 19 heavy (non-hydrogen) atoms. The smallest absolute Gasteiger partial charge is 0.269 e. The van der Waals surface area contributed by atoms with Crippen molar-refractivity contribution in [2.45, 2.75) is 32.2 Å². The van der Waals surface area contributed by atoms with E-state index in [0.29, 0.717) is 12.0 Å². The fraction of sp³-hybridized carbons (Fsp3) is 0.333. The van der Waals surface area contributed by atoms with Gasteiger partial charge in [0.15, 0.2) is 5.78 Å². The molecule has 4 nitrogen and oxygen atoms in total. The van der Waals surface area contributed by atoms with Crippen molar-refractivity contribution in [2.24, 2.45) is 0 Å². The Labute approximate surface area is 113 Å². The third-order valence-electron chi connectivity index (χ3n) is 3.14. The first-order valence-electron chi connectivity index (χ1n) is 6.56. The number of nitrogens with one attached hydrogen (secondary N) is 1. The molecule has 1 aliphatic rings. The van der Waals surface area contributed by atoms with Crippen LogP contribution in [0.4, 0.5) is 0 Å². The lowest BCUT2D eigenvalue weighted by atomic mass is 10.0. The Hall–Kier alpha value is -2.10. The van der Waals surface area contributed by atoms with E-state index in [1.165, 1.54) is 6.08 Å². The van der Waals surface area contributed by atoms with Crippen molar-refractivity contribution in [1.29, 1.82) is 0 Å². The fourth-order valence-electron chi connectivity index (χ4n) is 2.16. The number of benzene rings is 1. The minimum absolute atomic E-state index is 0.0511. The minimum atomic E-state index is -0.152. The van der Waals surface area contributed by atoms with Crippen LogP contribution in [0.5, 0.6) is 0 Å². The van der Waals surface area contributed by atoms with Crippen molar-refractivity contribution >= 4 is 11.7 Å². The maximum atomic E-state index is 12.1. The molecule has 0 saturated carbocycles. The molecule has 1 atom stereocenters. The summed E-state index contributed by atoms with van der Waals surface area (Å²) in [6, 6.07) is 9.11. The fourth-order valence-corrected chi connectivity index (χ4v) is 2.16. The number of nitrogens with zero attached hydrogens (tertiary/aromatic N) is 1. The Balaban J connectivity index is 2.06. The molecule has 0 spiro atoms. The second-order valence-electron chi connectivity index (χ2n) is 4.64. The summed E-state index contributed by atoms with van der Waals surface area (Å²) in [5.74, 6) is -0.0376. The van der Waals surface area contributed by atoms with E-state index in [-0.39, 0.29) is 17.7 Å². The zero-order valence-corrected chi connectivity index (χ0v) is 11.0. The number of hydrogen-bond donors (Lipinski definition) is 1. The van der Waals surface area contributed by atoms with Gasteiger partial charge in [-0.1, -0.05) is 31.5 Å². The first-order valence-corrected chi connectivity index (χ1v) is 6.56. The van der Waals surface area contributed by atoms with Crippen LogP contribution in [-0.4, -0.2) is 22.7 Å². The van der Waals surface area contributed by atoms with Gasteiger partial charge in [0, 0.05) is 18.2 Å². The van der Waals surface area contributed by atoms with Gasteiger partial charge in [-0.15, -0.1) is 0 Å². The normalized spacial score (nSPS) is 18.5. The highest BCUT2D eigenvalue weighted by Gasteiger charge is 2.23. The molecule has 0 radical (unpaired) electrons. The summed E-state index contributed by atoms with van der Waals surface area (Å²) in [6.07, 6.45) is 5.48. The number of rotatable bonds is 4. The average Bonchev–Trinajstić information content (AvgIpc) is 2.43. The second-order valence-corrected chi connectivity index (χ2v) is 4.64. The molecular formula is C15H18N2O2. The molecule has 0 bridgehead atoms. The van der Waals surface area contributed by atoms with Crippen molar-refractivity contribution in [1.82, 2.24) is 10.4 Å². The van der Waals surface area contributed by atoms with Gasteiger partial charge in [0.05, 0.1) is 6.04 Å². The van der Waals surface area contributed by atoms with Crippen LogP contribution in [-0.2, 0) is 4.79 Å². The zero-order valence-electron chi connectivity index (χ0n) is 11.0. The average molecular weight is 258 g/mol. The predicted molar refractivity (Wildman–Crippen MR) is 73.2 cm³/mol. The lowest BCUT2D eigenvalue weighted by molar-refractivity contribution is -0.116. The summed E-state index contributed by atoms with van der Waals surface area (Å²) in [4.78, 5) is 23.5. The lowest BCUT2D eigenvalue weighted by Crippen LogP contribution is -2.47. The predicted octanol–water partition coefficient (Wildman–Crippen LogP) is 2.29. The topological polar surface area (TPSA) is 49.4 Å². The van der Waals surface area contributed by atoms with Crippen LogP contribution in [0.3, 0.4) is 0 Å². The summed E-state index contributed by atoms with van der Waals surface area (Å²) in [7, 11) is 0. The molecule has 4 heteroatoms. The van der Waals surface area contributed by atoms with Gasteiger partial charge in [0.1, 0.15) is 0 Å². The summed E-state index contributed by atoms with van der Waals surface area (Å²) >= 11 is 0. The van der Waals surface area contributed by atoms with E-state index in [0.717, 1.165) is 12.8 Å². The van der Waals surface area contributed by atoms with Crippen LogP contribution >= 0.6 is 0 Å². The molecule has 2 rings (SSSR count). The second kappa shape index (κ2) is 6.18. The number of ketones is 1. The molecular weight excluding hydrogens is 240 g/mol. The highest BCUT2D eigenvalue weighted by atomic mass is 16.2. The monoisotopic (exact) mass is 258 g/mol. The van der Waals surface area contributed by atoms with E-state index in [9.17, 15) is 9.59 Å². The standard InChI is InChI=1S/C15H18N2O2/c1-2-6-13-11-14(18)9-10-17(13)16-15(19)12-7-4-3-5-8-12/h3-5,7-10,13H,2,6,11H2,1H3,(H,16,19)/t13-/m0/s1. The van der Waals surface area contributed by atoms with Crippen LogP contribution in [0.15, 0.2) is 42.6 Å². The number of carbonyl (C=O) groups excluding carboxylic acids is 2. The van der Waals surface area contributed by atoms with Gasteiger partial charge in [-0.25, -0.2) is 0 Å². The molecule has 1 N–H and O–H groups in total. The molecule has 1 aromatic carbocycles. The van der Waals surface area contributed by atoms with Gasteiger partial charge in [-0.2, -0.15) is 0 Å². The lowest BCUT2D eigenvalue weighted by Gasteiger charge is -2.32. The third kappa shape index (κ3) is 3.44. The van der Waals surface area contributed by atoms with E-state index < -0.39 is 0 Å². The SMILES string of the molecule is CCC[C@H]1CC(=O)C=CN1NC(=O)c1ccccc1. The van der Waals surface area contributed by atoms with Crippen LogP contribution in [0, 0.1) is 0 Å². The van der Waals surface area contributed by atoms with Crippen molar-refractivity contribution in [3.8, 4) is 0 Å². The zero-order chi connectivity index (χ0) is 13.7. The molecule has 1 heterocycles. The summed E-state index contributed by atoms with van der Waals surface area (Å²) < 4.78 is 0. The number of hydrazine groups is 1. The van der Waals surface area contributed by atoms with Crippen molar-refractivity contribution in [3.63, 3.8) is 0 Å². The van der Waals surface area contributed by atoms with Crippen molar-refractivity contribution in [3.05, 3.63) is 48.2 Å². The van der Waals surface area contributed by atoms with Gasteiger partial charge in [0.2, 0.25) is 0 Å².